The number of fused-ring (bicyclic) bond motifs is 2. The van der Waals surface area contributed by atoms with Gasteiger partial charge in [-0.25, -0.2) is 0 Å². The highest BCUT2D eigenvalue weighted by Crippen LogP contribution is 2.37. The number of halogens is 2. The highest BCUT2D eigenvalue weighted by molar-refractivity contribution is 9.10. The molecule has 2 aromatic carbocycles. The van der Waals surface area contributed by atoms with Gasteiger partial charge in [-0.1, -0.05) is 28.1 Å². The largest absolute Gasteiger partial charge is 0.338 e. The summed E-state index contributed by atoms with van der Waals surface area (Å²) in [6.45, 7) is 1.69. The maximum absolute atomic E-state index is 12.8. The minimum absolute atomic E-state index is 0. The molecule has 0 spiro atoms. The van der Waals surface area contributed by atoms with E-state index in [1.54, 1.807) is 0 Å². The molecule has 2 aromatic rings. The smallest absolute Gasteiger partial charge is 0.253 e. The van der Waals surface area contributed by atoms with Gasteiger partial charge in [0, 0.05) is 29.2 Å². The van der Waals surface area contributed by atoms with Crippen molar-refractivity contribution in [1.29, 1.82) is 0 Å². The third-order valence-electron chi connectivity index (χ3n) is 5.25. The molecule has 0 bridgehead atoms. The maximum Gasteiger partial charge on any atom is 0.253 e. The van der Waals surface area contributed by atoms with Crippen molar-refractivity contribution in [3.63, 3.8) is 0 Å². The minimum Gasteiger partial charge on any atom is -0.338 e. The fourth-order valence-electron chi connectivity index (χ4n) is 4.01. The Morgan fingerprint density at radius 3 is 2.61 bits per heavy atom. The van der Waals surface area contributed by atoms with Crippen LogP contribution in [0.2, 0.25) is 0 Å². The van der Waals surface area contributed by atoms with Crippen LogP contribution in [-0.4, -0.2) is 29.9 Å². The predicted octanol–water partition coefficient (Wildman–Crippen LogP) is 3.83. The van der Waals surface area contributed by atoms with Gasteiger partial charge in [-0.3, -0.25) is 4.79 Å². The zero-order valence-corrected chi connectivity index (χ0v) is 15.1. The molecule has 3 atom stereocenters. The number of amides is 1. The summed E-state index contributed by atoms with van der Waals surface area (Å²) >= 11 is 3.48. The first kappa shape index (κ1) is 16.7. The summed E-state index contributed by atoms with van der Waals surface area (Å²) in [6.07, 6.45) is 2.28. The fraction of sp³-hybridized carbons (Fsp3) is 0.389. The Hall–Kier alpha value is -1.10. The van der Waals surface area contributed by atoms with Gasteiger partial charge in [-0.2, -0.15) is 0 Å². The zero-order chi connectivity index (χ0) is 15.3. The fourth-order valence-corrected chi connectivity index (χ4v) is 4.38. The first-order valence-electron chi connectivity index (χ1n) is 7.86. The number of carbonyl (C=O) groups is 1. The van der Waals surface area contributed by atoms with Crippen molar-refractivity contribution >= 4 is 45.0 Å². The number of hydrogen-bond donors (Lipinski definition) is 1. The number of nitrogens with two attached hydrogens (primary N) is 1. The summed E-state index contributed by atoms with van der Waals surface area (Å²) in [4.78, 5) is 14.8. The van der Waals surface area contributed by atoms with Gasteiger partial charge >= 0.3 is 0 Å². The summed E-state index contributed by atoms with van der Waals surface area (Å²) < 4.78 is 1.06. The Labute approximate surface area is 150 Å². The molecule has 5 heteroatoms. The summed E-state index contributed by atoms with van der Waals surface area (Å²) in [5.41, 5.74) is 6.95. The Kier molecular flexibility index (Phi) is 4.68. The Bertz CT molecular complexity index is 751. The van der Waals surface area contributed by atoms with Crippen LogP contribution in [0.4, 0.5) is 0 Å². The monoisotopic (exact) mass is 394 g/mol. The first-order chi connectivity index (χ1) is 10.6. The Morgan fingerprint density at radius 2 is 1.83 bits per heavy atom. The molecule has 3 nitrogen and oxygen atoms in total. The van der Waals surface area contributed by atoms with Crippen molar-refractivity contribution in [2.75, 3.05) is 13.1 Å². The second-order valence-corrected chi connectivity index (χ2v) is 7.50. The number of likely N-dealkylation sites (tertiary alicyclic amines) is 1. The molecule has 3 unspecified atom stereocenters. The molecule has 1 aliphatic carbocycles. The predicted molar refractivity (Wildman–Crippen MR) is 99.0 cm³/mol. The summed E-state index contributed by atoms with van der Waals surface area (Å²) in [5, 5.41) is 2.25. The molecular weight excluding hydrogens is 376 g/mol. The SMILES string of the molecule is Cl.NC1CCC2CN(C(=O)c3ccc4cc(Br)ccc4c3)CC12. The Morgan fingerprint density at radius 1 is 1.09 bits per heavy atom. The quantitative estimate of drug-likeness (QED) is 0.797. The highest BCUT2D eigenvalue weighted by atomic mass is 79.9. The lowest BCUT2D eigenvalue weighted by atomic mass is 9.98. The van der Waals surface area contributed by atoms with Gasteiger partial charge in [-0.05, 0) is 59.7 Å². The van der Waals surface area contributed by atoms with Gasteiger partial charge in [0.15, 0.2) is 0 Å². The van der Waals surface area contributed by atoms with E-state index >= 15 is 0 Å². The van der Waals surface area contributed by atoms with Crippen molar-refractivity contribution in [1.82, 2.24) is 4.90 Å². The second kappa shape index (κ2) is 6.42. The number of rotatable bonds is 1. The van der Waals surface area contributed by atoms with Crippen LogP contribution in [0.25, 0.3) is 10.8 Å². The maximum atomic E-state index is 12.8. The number of benzene rings is 2. The van der Waals surface area contributed by atoms with Crippen LogP contribution in [-0.2, 0) is 0 Å². The lowest BCUT2D eigenvalue weighted by Gasteiger charge is -2.19. The molecule has 122 valence electrons. The number of carbonyl (C=O) groups excluding carboxylic acids is 1. The van der Waals surface area contributed by atoms with E-state index < -0.39 is 0 Å². The minimum atomic E-state index is 0. The molecule has 2 aliphatic rings. The lowest BCUT2D eigenvalue weighted by Crippen LogP contribution is -2.33. The second-order valence-electron chi connectivity index (χ2n) is 6.58. The van der Waals surface area contributed by atoms with Crippen molar-refractivity contribution < 1.29 is 4.79 Å². The molecule has 0 radical (unpaired) electrons. The van der Waals surface area contributed by atoms with Crippen molar-refractivity contribution in [3.05, 3.63) is 46.4 Å². The molecule has 1 heterocycles. The van der Waals surface area contributed by atoms with Crippen LogP contribution >= 0.6 is 28.3 Å². The van der Waals surface area contributed by atoms with Crippen LogP contribution in [0.15, 0.2) is 40.9 Å². The van der Waals surface area contributed by atoms with Gasteiger partial charge in [0.2, 0.25) is 0 Å². The highest BCUT2D eigenvalue weighted by Gasteiger charge is 2.42. The number of hydrogen-bond acceptors (Lipinski definition) is 2. The van der Waals surface area contributed by atoms with E-state index in [0.29, 0.717) is 11.8 Å². The average Bonchev–Trinajstić information content (AvgIpc) is 3.08. The van der Waals surface area contributed by atoms with Gasteiger partial charge in [0.25, 0.3) is 5.91 Å². The van der Waals surface area contributed by atoms with Crippen LogP contribution in [0, 0.1) is 11.8 Å². The third-order valence-corrected chi connectivity index (χ3v) is 5.74. The third kappa shape index (κ3) is 3.00. The molecule has 1 amide bonds. The van der Waals surface area contributed by atoms with E-state index in [0.717, 1.165) is 40.3 Å². The van der Waals surface area contributed by atoms with Gasteiger partial charge in [0.05, 0.1) is 0 Å². The molecular formula is C18H20BrClN2O. The van der Waals surface area contributed by atoms with Crippen LogP contribution < -0.4 is 5.73 Å². The lowest BCUT2D eigenvalue weighted by molar-refractivity contribution is 0.0780. The van der Waals surface area contributed by atoms with Gasteiger partial charge in [0.1, 0.15) is 0 Å². The summed E-state index contributed by atoms with van der Waals surface area (Å²) in [5.74, 6) is 1.25. The topological polar surface area (TPSA) is 46.3 Å². The first-order valence-corrected chi connectivity index (χ1v) is 8.65. The number of nitrogens with zero attached hydrogens (tertiary/aromatic N) is 1. The van der Waals surface area contributed by atoms with E-state index in [1.165, 1.54) is 6.42 Å². The van der Waals surface area contributed by atoms with E-state index in [2.05, 4.69) is 22.0 Å². The van der Waals surface area contributed by atoms with Gasteiger partial charge in [-0.15, -0.1) is 12.4 Å². The summed E-state index contributed by atoms with van der Waals surface area (Å²) in [7, 11) is 0. The van der Waals surface area contributed by atoms with Gasteiger partial charge < -0.3 is 10.6 Å². The van der Waals surface area contributed by atoms with E-state index in [-0.39, 0.29) is 24.4 Å². The molecule has 23 heavy (non-hydrogen) atoms. The van der Waals surface area contributed by atoms with Crippen LogP contribution in [0.5, 0.6) is 0 Å². The molecule has 0 aromatic heterocycles. The van der Waals surface area contributed by atoms with E-state index in [4.69, 9.17) is 5.73 Å². The molecule has 4 rings (SSSR count). The Balaban J connectivity index is 0.00000156. The van der Waals surface area contributed by atoms with Crippen molar-refractivity contribution in [3.8, 4) is 0 Å². The van der Waals surface area contributed by atoms with Crippen molar-refractivity contribution in [2.45, 2.75) is 18.9 Å². The molecule has 1 aliphatic heterocycles. The van der Waals surface area contributed by atoms with Crippen LogP contribution in [0.3, 0.4) is 0 Å². The van der Waals surface area contributed by atoms with Crippen LogP contribution in [0.1, 0.15) is 23.2 Å². The average molecular weight is 396 g/mol. The van der Waals surface area contributed by atoms with E-state index in [1.807, 2.05) is 35.2 Å². The summed E-state index contributed by atoms with van der Waals surface area (Å²) in [6, 6.07) is 12.4. The molecule has 1 saturated heterocycles. The molecule has 2 fully saturated rings. The van der Waals surface area contributed by atoms with Crippen molar-refractivity contribution in [2.24, 2.45) is 17.6 Å². The van der Waals surface area contributed by atoms with E-state index in [9.17, 15) is 4.79 Å². The molecule has 2 N–H and O–H groups in total. The normalized spacial score (nSPS) is 26.2. The molecule has 1 saturated carbocycles. The standard InChI is InChI=1S/C18H19BrN2O.ClH/c19-15-5-3-11-7-13(2-1-12(11)8-15)18(22)21-9-14-4-6-17(20)16(14)10-21;/h1-3,5,7-8,14,16-17H,4,6,9-10,20H2;1H. The zero-order valence-electron chi connectivity index (χ0n) is 12.7.